The second-order valence-corrected chi connectivity index (χ2v) is 8.19. The van der Waals surface area contributed by atoms with Crippen molar-refractivity contribution in [1.82, 2.24) is 14.7 Å². The van der Waals surface area contributed by atoms with Crippen molar-refractivity contribution in [3.8, 4) is 11.5 Å². The molecule has 9 heteroatoms. The van der Waals surface area contributed by atoms with E-state index < -0.39 is 15.7 Å². The Balaban J connectivity index is 1.80. The van der Waals surface area contributed by atoms with Gasteiger partial charge < -0.3 is 4.42 Å². The number of rotatable bonds is 4. The van der Waals surface area contributed by atoms with Crippen LogP contribution in [0.2, 0.25) is 0 Å². The molecule has 0 spiro atoms. The van der Waals surface area contributed by atoms with Crippen LogP contribution in [0.5, 0.6) is 0 Å². The first-order valence-corrected chi connectivity index (χ1v) is 9.32. The van der Waals surface area contributed by atoms with Crippen molar-refractivity contribution in [3.63, 3.8) is 0 Å². The van der Waals surface area contributed by atoms with Gasteiger partial charge in [0, 0.05) is 6.04 Å². The summed E-state index contributed by atoms with van der Waals surface area (Å²) in [4.78, 5) is 1.99. The molecule has 0 bridgehead atoms. The standard InChI is InChI=1S/C14H16FN3O3S2/c1-17(10-6-7-23(19,20)8-10)9-18-14(22)21-13(16-18)11-4-2-3-5-12(11)15/h2-5,10H,6-9H2,1H3/t10-/m0/s1. The molecule has 0 unspecified atom stereocenters. The van der Waals surface area contributed by atoms with Crippen LogP contribution in [0.4, 0.5) is 4.39 Å². The van der Waals surface area contributed by atoms with Gasteiger partial charge in [-0.1, -0.05) is 12.1 Å². The number of aromatic nitrogens is 2. The van der Waals surface area contributed by atoms with Crippen molar-refractivity contribution < 1.29 is 17.2 Å². The number of nitrogens with zero attached hydrogens (tertiary/aromatic N) is 3. The van der Waals surface area contributed by atoms with Crippen molar-refractivity contribution in [2.75, 3.05) is 18.6 Å². The number of benzene rings is 1. The minimum absolute atomic E-state index is 0.0736. The summed E-state index contributed by atoms with van der Waals surface area (Å²) in [5.41, 5.74) is 0.239. The summed E-state index contributed by atoms with van der Waals surface area (Å²) < 4.78 is 43.7. The third-order valence-corrected chi connectivity index (χ3v) is 5.94. The fourth-order valence-corrected chi connectivity index (χ4v) is 4.57. The van der Waals surface area contributed by atoms with Crippen LogP contribution in [-0.4, -0.2) is 47.7 Å². The van der Waals surface area contributed by atoms with Gasteiger partial charge in [0.05, 0.1) is 23.7 Å². The Morgan fingerprint density at radius 1 is 1.48 bits per heavy atom. The molecule has 3 rings (SSSR count). The van der Waals surface area contributed by atoms with Crippen molar-refractivity contribution in [1.29, 1.82) is 0 Å². The maximum absolute atomic E-state index is 13.8. The highest BCUT2D eigenvalue weighted by Crippen LogP contribution is 2.22. The van der Waals surface area contributed by atoms with E-state index in [0.717, 1.165) is 0 Å². The lowest BCUT2D eigenvalue weighted by Crippen LogP contribution is -2.34. The molecular formula is C14H16FN3O3S2. The zero-order chi connectivity index (χ0) is 16.6. The Morgan fingerprint density at radius 2 is 2.22 bits per heavy atom. The summed E-state index contributed by atoms with van der Waals surface area (Å²) in [6, 6.07) is 6.08. The quantitative estimate of drug-likeness (QED) is 0.781. The summed E-state index contributed by atoms with van der Waals surface area (Å²) in [7, 11) is -1.15. The zero-order valence-corrected chi connectivity index (χ0v) is 14.1. The van der Waals surface area contributed by atoms with E-state index in [4.69, 9.17) is 16.6 Å². The SMILES string of the molecule is CN(Cn1nc(-c2ccccc2F)oc1=S)[C@H]1CCS(=O)(=O)C1. The summed E-state index contributed by atoms with van der Waals surface area (Å²) in [5, 5.41) is 4.20. The lowest BCUT2D eigenvalue weighted by molar-refractivity contribution is 0.194. The molecule has 1 atom stereocenters. The molecule has 0 radical (unpaired) electrons. The van der Waals surface area contributed by atoms with E-state index in [1.54, 1.807) is 18.2 Å². The average Bonchev–Trinajstić information content (AvgIpc) is 3.03. The van der Waals surface area contributed by atoms with E-state index in [2.05, 4.69) is 5.10 Å². The van der Waals surface area contributed by atoms with Crippen molar-refractivity contribution in [2.24, 2.45) is 0 Å². The van der Waals surface area contributed by atoms with Crippen LogP contribution in [-0.2, 0) is 16.5 Å². The molecule has 1 aromatic heterocycles. The molecule has 0 N–H and O–H groups in total. The van der Waals surface area contributed by atoms with E-state index in [9.17, 15) is 12.8 Å². The van der Waals surface area contributed by atoms with Crippen LogP contribution in [0.25, 0.3) is 11.5 Å². The lowest BCUT2D eigenvalue weighted by atomic mass is 10.2. The largest absolute Gasteiger partial charge is 0.409 e. The van der Waals surface area contributed by atoms with Crippen molar-refractivity contribution >= 4 is 22.1 Å². The Hall–Kier alpha value is -1.58. The van der Waals surface area contributed by atoms with Gasteiger partial charge in [-0.15, -0.1) is 5.10 Å². The first-order chi connectivity index (χ1) is 10.9. The summed E-state index contributed by atoms with van der Waals surface area (Å²) in [6.07, 6.45) is 0.587. The van der Waals surface area contributed by atoms with Crippen molar-refractivity contribution in [2.45, 2.75) is 19.1 Å². The zero-order valence-electron chi connectivity index (χ0n) is 12.5. The maximum Gasteiger partial charge on any atom is 0.288 e. The van der Waals surface area contributed by atoms with Gasteiger partial charge in [-0.05, 0) is 37.8 Å². The highest BCUT2D eigenvalue weighted by atomic mass is 32.2. The molecule has 2 heterocycles. The molecule has 2 aromatic rings. The van der Waals surface area contributed by atoms with Gasteiger partial charge in [-0.2, -0.15) is 0 Å². The fraction of sp³-hybridized carbons (Fsp3) is 0.429. The van der Waals surface area contributed by atoms with Crippen LogP contribution < -0.4 is 0 Å². The molecule has 6 nitrogen and oxygen atoms in total. The molecular weight excluding hydrogens is 341 g/mol. The van der Waals surface area contributed by atoms with Gasteiger partial charge in [0.25, 0.3) is 4.84 Å². The first-order valence-electron chi connectivity index (χ1n) is 7.09. The van der Waals surface area contributed by atoms with E-state index in [1.807, 2.05) is 11.9 Å². The highest BCUT2D eigenvalue weighted by molar-refractivity contribution is 7.91. The summed E-state index contributed by atoms with van der Waals surface area (Å²) >= 11 is 5.12. The molecule has 1 saturated heterocycles. The van der Waals surface area contributed by atoms with E-state index in [1.165, 1.54) is 10.7 Å². The minimum Gasteiger partial charge on any atom is -0.409 e. The van der Waals surface area contributed by atoms with Gasteiger partial charge in [0.15, 0.2) is 9.84 Å². The van der Waals surface area contributed by atoms with Crippen LogP contribution in [0.3, 0.4) is 0 Å². The lowest BCUT2D eigenvalue weighted by Gasteiger charge is -2.22. The van der Waals surface area contributed by atoms with E-state index >= 15 is 0 Å². The van der Waals surface area contributed by atoms with Crippen LogP contribution in [0, 0.1) is 10.7 Å². The molecule has 1 aliphatic heterocycles. The molecule has 1 fully saturated rings. The minimum atomic E-state index is -2.96. The van der Waals surface area contributed by atoms with Crippen LogP contribution in [0.15, 0.2) is 28.7 Å². The fourth-order valence-electron chi connectivity index (χ4n) is 2.59. The van der Waals surface area contributed by atoms with E-state index in [0.29, 0.717) is 6.42 Å². The highest BCUT2D eigenvalue weighted by Gasteiger charge is 2.31. The number of sulfone groups is 1. The molecule has 0 amide bonds. The van der Waals surface area contributed by atoms with Gasteiger partial charge in [0.1, 0.15) is 5.82 Å². The number of halogens is 1. The monoisotopic (exact) mass is 357 g/mol. The molecule has 0 aliphatic carbocycles. The Bertz CT molecular complexity index is 875. The van der Waals surface area contributed by atoms with Gasteiger partial charge in [-0.25, -0.2) is 17.5 Å². The van der Waals surface area contributed by atoms with Crippen molar-refractivity contribution in [3.05, 3.63) is 34.9 Å². The smallest absolute Gasteiger partial charge is 0.288 e. The molecule has 23 heavy (non-hydrogen) atoms. The van der Waals surface area contributed by atoms with E-state index in [-0.39, 0.29) is 40.5 Å². The predicted octanol–water partition coefficient (Wildman–Crippen LogP) is 2.09. The third-order valence-electron chi connectivity index (χ3n) is 3.90. The van der Waals surface area contributed by atoms with Crippen LogP contribution in [0.1, 0.15) is 6.42 Å². The number of hydrogen-bond acceptors (Lipinski definition) is 6. The normalized spacial score (nSPS) is 20.2. The summed E-state index contributed by atoms with van der Waals surface area (Å²) in [5.74, 6) is 0.00772. The van der Waals surface area contributed by atoms with Gasteiger partial charge in [-0.3, -0.25) is 4.90 Å². The van der Waals surface area contributed by atoms with Gasteiger partial charge in [0.2, 0.25) is 5.89 Å². The second-order valence-electron chi connectivity index (χ2n) is 5.61. The first kappa shape index (κ1) is 16.3. The van der Waals surface area contributed by atoms with Crippen LogP contribution >= 0.6 is 12.2 Å². The predicted molar refractivity (Wildman–Crippen MR) is 85.5 cm³/mol. The maximum atomic E-state index is 13.8. The topological polar surface area (TPSA) is 68.3 Å². The second kappa shape index (κ2) is 6.14. The third kappa shape index (κ3) is 3.51. The molecule has 0 saturated carbocycles. The van der Waals surface area contributed by atoms with Gasteiger partial charge >= 0.3 is 0 Å². The molecule has 1 aliphatic rings. The Morgan fingerprint density at radius 3 is 2.87 bits per heavy atom. The Labute approximate surface area is 138 Å². The Kier molecular flexibility index (Phi) is 4.35. The molecule has 124 valence electrons. The number of hydrogen-bond donors (Lipinski definition) is 0. The molecule has 1 aromatic carbocycles. The summed E-state index contributed by atoms with van der Waals surface area (Å²) in [6.45, 7) is 0.289. The average molecular weight is 357 g/mol.